The molecule has 2 atom stereocenters. The summed E-state index contributed by atoms with van der Waals surface area (Å²) in [6.45, 7) is 9.73. The first kappa shape index (κ1) is 24.2. The lowest BCUT2D eigenvalue weighted by Gasteiger charge is -2.39. The van der Waals surface area contributed by atoms with Gasteiger partial charge in [0.1, 0.15) is 0 Å². The molecule has 0 aliphatic heterocycles. The van der Waals surface area contributed by atoms with Crippen LogP contribution in [0.25, 0.3) is 0 Å². The van der Waals surface area contributed by atoms with Crippen molar-refractivity contribution in [3.63, 3.8) is 0 Å². The highest BCUT2D eigenvalue weighted by molar-refractivity contribution is 7.89. The van der Waals surface area contributed by atoms with Crippen molar-refractivity contribution in [3.05, 3.63) is 102 Å². The summed E-state index contributed by atoms with van der Waals surface area (Å²) in [5, 5.41) is 0. The van der Waals surface area contributed by atoms with Gasteiger partial charge in [-0.15, -0.1) is 0 Å². The van der Waals surface area contributed by atoms with Crippen molar-refractivity contribution >= 4 is 10.0 Å². The summed E-state index contributed by atoms with van der Waals surface area (Å²) < 4.78 is 29.1. The van der Waals surface area contributed by atoms with Gasteiger partial charge in [0, 0.05) is 25.2 Å². The molecule has 4 nitrogen and oxygen atoms in total. The fourth-order valence-corrected chi connectivity index (χ4v) is 5.58. The molecule has 170 valence electrons. The fraction of sp³-hybridized carbons (Fsp3) is 0.333. The van der Waals surface area contributed by atoms with Crippen molar-refractivity contribution < 1.29 is 8.42 Å². The topological polar surface area (TPSA) is 49.4 Å². The van der Waals surface area contributed by atoms with Crippen LogP contribution in [0.15, 0.2) is 89.8 Å². The summed E-state index contributed by atoms with van der Waals surface area (Å²) in [6, 6.07) is 27.4. The Bertz CT molecular complexity index is 1020. The van der Waals surface area contributed by atoms with Gasteiger partial charge in [-0.3, -0.25) is 4.90 Å². The number of hydrogen-bond donors (Lipinski definition) is 1. The Labute approximate surface area is 193 Å². The molecule has 0 amide bonds. The Balaban J connectivity index is 1.88. The molecule has 0 unspecified atom stereocenters. The first-order valence-electron chi connectivity index (χ1n) is 11.2. The number of hydrogen-bond acceptors (Lipinski definition) is 3. The van der Waals surface area contributed by atoms with Crippen LogP contribution in [0, 0.1) is 12.8 Å². The van der Waals surface area contributed by atoms with Crippen LogP contribution in [0.1, 0.15) is 37.5 Å². The number of sulfonamides is 1. The highest BCUT2D eigenvalue weighted by atomic mass is 32.2. The third-order valence-corrected chi connectivity index (χ3v) is 7.32. The van der Waals surface area contributed by atoms with E-state index < -0.39 is 10.0 Å². The van der Waals surface area contributed by atoms with Crippen molar-refractivity contribution in [2.24, 2.45) is 5.92 Å². The molecule has 0 fully saturated rings. The molecule has 0 spiro atoms. The predicted octanol–water partition coefficient (Wildman–Crippen LogP) is 5.39. The molecule has 0 aromatic heterocycles. The Hall–Kier alpha value is -2.47. The van der Waals surface area contributed by atoms with Gasteiger partial charge in [0.05, 0.1) is 4.90 Å². The van der Waals surface area contributed by atoms with Gasteiger partial charge in [0.2, 0.25) is 10.0 Å². The Kier molecular flexibility index (Phi) is 8.24. The minimum Gasteiger partial charge on any atom is -0.290 e. The maximum Gasteiger partial charge on any atom is 0.240 e. The van der Waals surface area contributed by atoms with Gasteiger partial charge >= 0.3 is 0 Å². The van der Waals surface area contributed by atoms with Crippen molar-refractivity contribution in [2.75, 3.05) is 0 Å². The van der Waals surface area contributed by atoms with Crippen LogP contribution in [0.4, 0.5) is 0 Å². The standard InChI is InChI=1S/C27H34N2O2S/c1-21(2)27(23(4)28-32(30,31)26-17-15-22(3)16-18-26)29(19-24-11-7-5-8-12-24)20-25-13-9-6-10-14-25/h5-18,21,23,27-28H,19-20H2,1-4H3/t23-,27+/m1/s1. The third-order valence-electron chi connectivity index (χ3n) is 5.75. The second-order valence-corrected chi connectivity index (χ2v) is 10.5. The third kappa shape index (κ3) is 6.52. The van der Waals surface area contributed by atoms with Crippen molar-refractivity contribution in [1.82, 2.24) is 9.62 Å². The number of rotatable bonds is 10. The molecule has 5 heteroatoms. The van der Waals surface area contributed by atoms with E-state index >= 15 is 0 Å². The Morgan fingerprint density at radius 1 is 0.750 bits per heavy atom. The second kappa shape index (κ2) is 10.9. The molecule has 0 saturated carbocycles. The first-order chi connectivity index (χ1) is 15.3. The average molecular weight is 451 g/mol. The van der Waals surface area contributed by atoms with Crippen LogP contribution in [0.3, 0.4) is 0 Å². The first-order valence-corrected chi connectivity index (χ1v) is 12.7. The van der Waals surface area contributed by atoms with E-state index in [4.69, 9.17) is 0 Å². The zero-order chi connectivity index (χ0) is 23.1. The van der Waals surface area contributed by atoms with Gasteiger partial charge in [-0.05, 0) is 43.0 Å². The van der Waals surface area contributed by atoms with Gasteiger partial charge in [0.15, 0.2) is 0 Å². The molecule has 0 radical (unpaired) electrons. The zero-order valence-electron chi connectivity index (χ0n) is 19.4. The van der Waals surface area contributed by atoms with E-state index in [1.165, 1.54) is 11.1 Å². The van der Waals surface area contributed by atoms with Gasteiger partial charge in [0.25, 0.3) is 0 Å². The van der Waals surface area contributed by atoms with Crippen molar-refractivity contribution in [3.8, 4) is 0 Å². The van der Waals surface area contributed by atoms with Crippen LogP contribution < -0.4 is 4.72 Å². The molecule has 0 aliphatic carbocycles. The van der Waals surface area contributed by atoms with Crippen LogP contribution in [-0.2, 0) is 23.1 Å². The summed E-state index contributed by atoms with van der Waals surface area (Å²) in [5.41, 5.74) is 3.46. The predicted molar refractivity (Wildman–Crippen MR) is 132 cm³/mol. The lowest BCUT2D eigenvalue weighted by atomic mass is 9.95. The fourth-order valence-electron chi connectivity index (χ4n) is 4.32. The summed E-state index contributed by atoms with van der Waals surface area (Å²) >= 11 is 0. The molecule has 0 saturated heterocycles. The maximum absolute atomic E-state index is 13.1. The van der Waals surface area contributed by atoms with Crippen LogP contribution in [0.5, 0.6) is 0 Å². The molecule has 3 aromatic carbocycles. The average Bonchev–Trinajstić information content (AvgIpc) is 2.75. The van der Waals surface area contributed by atoms with E-state index in [1.807, 2.05) is 62.4 Å². The molecule has 0 heterocycles. The normalized spacial score (nSPS) is 13.9. The molecule has 0 bridgehead atoms. The van der Waals surface area contributed by atoms with Gasteiger partial charge < -0.3 is 0 Å². The summed E-state index contributed by atoms with van der Waals surface area (Å²) in [7, 11) is -3.61. The molecular weight excluding hydrogens is 416 g/mol. The van der Waals surface area contributed by atoms with E-state index in [1.54, 1.807) is 12.1 Å². The number of benzene rings is 3. The maximum atomic E-state index is 13.1. The lowest BCUT2D eigenvalue weighted by molar-refractivity contribution is 0.114. The molecule has 0 aliphatic rings. The Morgan fingerprint density at radius 2 is 1.22 bits per heavy atom. The van der Waals surface area contributed by atoms with Crippen molar-refractivity contribution in [2.45, 2.75) is 57.8 Å². The summed E-state index contributed by atoms with van der Waals surface area (Å²) in [5.74, 6) is 0.248. The second-order valence-electron chi connectivity index (χ2n) is 8.83. The van der Waals surface area contributed by atoms with Gasteiger partial charge in [-0.2, -0.15) is 0 Å². The number of nitrogens with one attached hydrogen (secondary N) is 1. The van der Waals surface area contributed by atoms with E-state index in [0.29, 0.717) is 4.90 Å². The molecule has 32 heavy (non-hydrogen) atoms. The van der Waals surface area contributed by atoms with Crippen LogP contribution in [-0.4, -0.2) is 25.4 Å². The van der Waals surface area contributed by atoms with Crippen LogP contribution in [0.2, 0.25) is 0 Å². The zero-order valence-corrected chi connectivity index (χ0v) is 20.2. The van der Waals surface area contributed by atoms with Gasteiger partial charge in [-0.1, -0.05) is 92.2 Å². The van der Waals surface area contributed by atoms with Crippen molar-refractivity contribution in [1.29, 1.82) is 0 Å². The smallest absolute Gasteiger partial charge is 0.240 e. The monoisotopic (exact) mass is 450 g/mol. The summed E-state index contributed by atoms with van der Waals surface area (Å²) in [4.78, 5) is 2.69. The van der Waals surface area contributed by atoms with Gasteiger partial charge in [-0.25, -0.2) is 13.1 Å². The molecule has 3 aromatic rings. The van der Waals surface area contributed by atoms with E-state index in [0.717, 1.165) is 18.7 Å². The highest BCUT2D eigenvalue weighted by Gasteiger charge is 2.31. The van der Waals surface area contributed by atoms with E-state index in [2.05, 4.69) is 47.7 Å². The molecule has 1 N–H and O–H groups in total. The minimum atomic E-state index is -3.61. The highest BCUT2D eigenvalue weighted by Crippen LogP contribution is 2.23. The lowest BCUT2D eigenvalue weighted by Crippen LogP contribution is -2.52. The number of aryl methyl sites for hydroxylation is 1. The summed E-state index contributed by atoms with van der Waals surface area (Å²) in [6.07, 6.45) is 0. The molecular formula is C27H34N2O2S. The van der Waals surface area contributed by atoms with E-state index in [-0.39, 0.29) is 18.0 Å². The minimum absolute atomic E-state index is 0.00985. The quantitative estimate of drug-likeness (QED) is 0.451. The number of nitrogens with zero attached hydrogens (tertiary/aromatic N) is 1. The SMILES string of the molecule is Cc1ccc(S(=O)(=O)N[C@H](C)[C@H](C(C)C)N(Cc2ccccc2)Cc2ccccc2)cc1. The Morgan fingerprint density at radius 3 is 1.66 bits per heavy atom. The van der Waals surface area contributed by atoms with Crippen LogP contribution >= 0.6 is 0 Å². The van der Waals surface area contributed by atoms with E-state index in [9.17, 15) is 8.42 Å². The largest absolute Gasteiger partial charge is 0.290 e. The molecule has 3 rings (SSSR count).